The highest BCUT2D eigenvalue weighted by Crippen LogP contribution is 2.20. The number of nitrogens with one attached hydrogen (secondary N) is 2. The Hall–Kier alpha value is -2.97. The summed E-state index contributed by atoms with van der Waals surface area (Å²) in [6.45, 7) is 4.16. The minimum absolute atomic E-state index is 0.0187. The van der Waals surface area contributed by atoms with E-state index in [0.717, 1.165) is 5.56 Å². The summed E-state index contributed by atoms with van der Waals surface area (Å²) in [6.07, 6.45) is 0. The molecule has 0 spiro atoms. The monoisotopic (exact) mass is 404 g/mol. The summed E-state index contributed by atoms with van der Waals surface area (Å²) in [7, 11) is 0. The molecule has 0 fully saturated rings. The summed E-state index contributed by atoms with van der Waals surface area (Å²) in [5.74, 6) is -0.635. The van der Waals surface area contributed by atoms with Crippen LogP contribution in [-0.4, -0.2) is 41.3 Å². The number of amides is 2. The summed E-state index contributed by atoms with van der Waals surface area (Å²) < 4.78 is 0. The summed E-state index contributed by atoms with van der Waals surface area (Å²) in [5, 5.41) is 16.7. The zero-order chi connectivity index (χ0) is 20.7. The number of likely N-dealkylation sites (N-methyl/N-ethyl adjacent to an activating group) is 1. The van der Waals surface area contributed by atoms with Gasteiger partial charge in [0.1, 0.15) is 0 Å². The Balaban J connectivity index is 1.93. The predicted molar refractivity (Wildman–Crippen MR) is 109 cm³/mol. The second-order valence-corrected chi connectivity index (χ2v) is 6.60. The van der Waals surface area contributed by atoms with Gasteiger partial charge in [0.2, 0.25) is 11.8 Å². The lowest BCUT2D eigenvalue weighted by atomic mass is 10.2. The van der Waals surface area contributed by atoms with E-state index >= 15 is 0 Å². The summed E-state index contributed by atoms with van der Waals surface area (Å²) >= 11 is 5.95. The molecule has 9 heteroatoms. The van der Waals surface area contributed by atoms with Crippen molar-refractivity contribution < 1.29 is 14.5 Å². The van der Waals surface area contributed by atoms with Crippen LogP contribution in [0.3, 0.4) is 0 Å². The molecular weight excluding hydrogens is 384 g/mol. The van der Waals surface area contributed by atoms with Crippen molar-refractivity contribution in [1.29, 1.82) is 0 Å². The van der Waals surface area contributed by atoms with Gasteiger partial charge in [0.05, 0.1) is 18.0 Å². The maximum absolute atomic E-state index is 12.3. The van der Waals surface area contributed by atoms with Gasteiger partial charge in [-0.2, -0.15) is 0 Å². The number of nitrogens with zero attached hydrogens (tertiary/aromatic N) is 2. The molecule has 2 N–H and O–H groups in total. The van der Waals surface area contributed by atoms with E-state index in [1.807, 2.05) is 19.9 Å². The van der Waals surface area contributed by atoms with E-state index in [2.05, 4.69) is 10.6 Å². The van der Waals surface area contributed by atoms with Gasteiger partial charge in [0.25, 0.3) is 5.69 Å². The molecule has 0 aromatic heterocycles. The molecule has 0 radical (unpaired) electrons. The quantitative estimate of drug-likeness (QED) is 0.518. The van der Waals surface area contributed by atoms with Crippen molar-refractivity contribution in [3.8, 4) is 0 Å². The van der Waals surface area contributed by atoms with Gasteiger partial charge < -0.3 is 10.6 Å². The predicted octanol–water partition coefficient (Wildman–Crippen LogP) is 3.46. The van der Waals surface area contributed by atoms with Crippen LogP contribution in [0.1, 0.15) is 12.5 Å². The van der Waals surface area contributed by atoms with E-state index < -0.39 is 4.92 Å². The highest BCUT2D eigenvalue weighted by molar-refractivity contribution is 6.31. The molecule has 0 aliphatic heterocycles. The standard InChI is InChI=1S/C19H21ClN4O4/c1-3-23(12-19(26)22-17-9-14(20)8-7-13(17)2)11-18(25)21-15-5-4-6-16(10-15)24(27)28/h4-10H,3,11-12H2,1-2H3,(H,21,25)(H,22,26). The van der Waals surface area contributed by atoms with Gasteiger partial charge in [-0.15, -0.1) is 0 Å². The lowest BCUT2D eigenvalue weighted by molar-refractivity contribution is -0.384. The highest BCUT2D eigenvalue weighted by atomic mass is 35.5. The largest absolute Gasteiger partial charge is 0.325 e. The van der Waals surface area contributed by atoms with Crippen molar-refractivity contribution >= 4 is 40.5 Å². The molecule has 0 saturated carbocycles. The molecule has 0 saturated heterocycles. The molecule has 0 aliphatic carbocycles. The molecule has 28 heavy (non-hydrogen) atoms. The molecule has 0 aliphatic rings. The van der Waals surface area contributed by atoms with Crippen LogP contribution in [0.15, 0.2) is 42.5 Å². The molecule has 0 unspecified atom stereocenters. The number of nitro benzene ring substituents is 1. The van der Waals surface area contributed by atoms with Crippen LogP contribution in [0.25, 0.3) is 0 Å². The normalized spacial score (nSPS) is 10.6. The minimum atomic E-state index is -0.532. The van der Waals surface area contributed by atoms with Gasteiger partial charge in [-0.3, -0.25) is 24.6 Å². The molecular formula is C19H21ClN4O4. The van der Waals surface area contributed by atoms with Gasteiger partial charge in [0, 0.05) is 28.5 Å². The first-order valence-corrected chi connectivity index (χ1v) is 8.99. The van der Waals surface area contributed by atoms with Crippen LogP contribution >= 0.6 is 11.6 Å². The van der Waals surface area contributed by atoms with Gasteiger partial charge in [-0.05, 0) is 37.2 Å². The smallest absolute Gasteiger partial charge is 0.271 e. The maximum atomic E-state index is 12.3. The third kappa shape index (κ3) is 6.33. The summed E-state index contributed by atoms with van der Waals surface area (Å²) in [5.41, 5.74) is 1.72. The molecule has 0 bridgehead atoms. The van der Waals surface area contributed by atoms with E-state index in [9.17, 15) is 19.7 Å². The minimum Gasteiger partial charge on any atom is -0.325 e. The first kappa shape index (κ1) is 21.3. The van der Waals surface area contributed by atoms with E-state index in [4.69, 9.17) is 11.6 Å². The summed E-state index contributed by atoms with van der Waals surface area (Å²) in [6, 6.07) is 10.9. The van der Waals surface area contributed by atoms with Crippen molar-refractivity contribution in [2.24, 2.45) is 0 Å². The second-order valence-electron chi connectivity index (χ2n) is 6.17. The van der Waals surface area contributed by atoms with Crippen LogP contribution in [0, 0.1) is 17.0 Å². The average molecular weight is 405 g/mol. The van der Waals surface area contributed by atoms with Crippen molar-refractivity contribution in [3.05, 3.63) is 63.2 Å². The van der Waals surface area contributed by atoms with E-state index in [1.54, 1.807) is 23.1 Å². The fourth-order valence-electron chi connectivity index (χ4n) is 2.50. The first-order chi connectivity index (χ1) is 13.3. The maximum Gasteiger partial charge on any atom is 0.271 e. The number of halogens is 1. The number of rotatable bonds is 8. The fraction of sp³-hybridized carbons (Fsp3) is 0.263. The van der Waals surface area contributed by atoms with E-state index in [0.29, 0.717) is 22.9 Å². The molecule has 2 aromatic carbocycles. The Morgan fingerprint density at radius 3 is 2.43 bits per heavy atom. The van der Waals surface area contributed by atoms with Crippen LogP contribution < -0.4 is 10.6 Å². The summed E-state index contributed by atoms with van der Waals surface area (Å²) in [4.78, 5) is 36.5. The van der Waals surface area contributed by atoms with Gasteiger partial charge >= 0.3 is 0 Å². The fourth-order valence-corrected chi connectivity index (χ4v) is 2.67. The lowest BCUT2D eigenvalue weighted by Gasteiger charge is -2.19. The van der Waals surface area contributed by atoms with Crippen molar-refractivity contribution in [1.82, 2.24) is 4.90 Å². The molecule has 148 valence electrons. The van der Waals surface area contributed by atoms with Gasteiger partial charge in [-0.1, -0.05) is 30.7 Å². The average Bonchev–Trinajstić information content (AvgIpc) is 2.64. The van der Waals surface area contributed by atoms with Crippen LogP contribution in [0.4, 0.5) is 17.1 Å². The van der Waals surface area contributed by atoms with Crippen LogP contribution in [0.2, 0.25) is 5.02 Å². The SMILES string of the molecule is CCN(CC(=O)Nc1cccc([N+](=O)[O-])c1)CC(=O)Nc1cc(Cl)ccc1C. The number of non-ortho nitro benzene ring substituents is 1. The number of benzene rings is 2. The Morgan fingerprint density at radius 1 is 1.11 bits per heavy atom. The van der Waals surface area contributed by atoms with Crippen molar-refractivity contribution in [2.45, 2.75) is 13.8 Å². The number of carbonyl (C=O) groups is 2. The van der Waals surface area contributed by atoms with Gasteiger partial charge in [0.15, 0.2) is 0 Å². The van der Waals surface area contributed by atoms with Crippen LogP contribution in [-0.2, 0) is 9.59 Å². The zero-order valence-electron chi connectivity index (χ0n) is 15.6. The van der Waals surface area contributed by atoms with Crippen LogP contribution in [0.5, 0.6) is 0 Å². The van der Waals surface area contributed by atoms with E-state index in [1.165, 1.54) is 18.2 Å². The Morgan fingerprint density at radius 2 is 1.79 bits per heavy atom. The molecule has 2 rings (SSSR count). The molecule has 2 aromatic rings. The molecule has 8 nitrogen and oxygen atoms in total. The third-order valence-corrected chi connectivity index (χ3v) is 4.23. The number of nitro groups is 1. The van der Waals surface area contributed by atoms with Crippen molar-refractivity contribution in [2.75, 3.05) is 30.3 Å². The topological polar surface area (TPSA) is 105 Å². The van der Waals surface area contributed by atoms with Gasteiger partial charge in [-0.25, -0.2) is 0 Å². The molecule has 0 atom stereocenters. The van der Waals surface area contributed by atoms with E-state index in [-0.39, 0.29) is 30.6 Å². The Kier molecular flexibility index (Phi) is 7.48. The van der Waals surface area contributed by atoms with Crippen molar-refractivity contribution in [3.63, 3.8) is 0 Å². The number of aryl methyl sites for hydroxylation is 1. The number of carbonyl (C=O) groups excluding carboxylic acids is 2. The molecule has 2 amide bonds. The number of hydrogen-bond acceptors (Lipinski definition) is 5. The molecule has 0 heterocycles. The first-order valence-electron chi connectivity index (χ1n) is 8.61. The third-order valence-electron chi connectivity index (χ3n) is 4.00. The Labute approximate surface area is 167 Å². The number of hydrogen-bond donors (Lipinski definition) is 2. The second kappa shape index (κ2) is 9.82. The lowest BCUT2D eigenvalue weighted by Crippen LogP contribution is -2.38. The highest BCUT2D eigenvalue weighted by Gasteiger charge is 2.15. The number of anilines is 2. The Bertz CT molecular complexity index is 888. The zero-order valence-corrected chi connectivity index (χ0v) is 16.3.